The average molecular weight is 337 g/mol. The summed E-state index contributed by atoms with van der Waals surface area (Å²) in [4.78, 5) is 23.5. The lowest BCUT2D eigenvalue weighted by Crippen LogP contribution is -2.45. The number of fused-ring (bicyclic) bond motifs is 2. The van der Waals surface area contributed by atoms with Crippen molar-refractivity contribution in [3.63, 3.8) is 0 Å². The minimum atomic E-state index is -1.25. The van der Waals surface area contributed by atoms with Crippen molar-refractivity contribution in [2.24, 2.45) is 11.8 Å². The molecule has 0 aromatic heterocycles. The summed E-state index contributed by atoms with van der Waals surface area (Å²) in [7, 11) is 0. The van der Waals surface area contributed by atoms with Crippen LogP contribution in [0.4, 0.5) is 5.69 Å². The number of carboxylic acids is 1. The van der Waals surface area contributed by atoms with E-state index in [1.54, 1.807) is 36.4 Å². The molecule has 0 saturated carbocycles. The summed E-state index contributed by atoms with van der Waals surface area (Å²) >= 11 is 3.31. The summed E-state index contributed by atoms with van der Waals surface area (Å²) < 4.78 is 6.33. The third-order valence-corrected chi connectivity index (χ3v) is 4.11. The summed E-state index contributed by atoms with van der Waals surface area (Å²) in [5.74, 6) is -3.30. The highest BCUT2D eigenvalue weighted by molar-refractivity contribution is 9.10. The number of hydrogen-bond donors (Lipinski definition) is 1. The molecule has 1 saturated heterocycles. The Morgan fingerprint density at radius 3 is 2.30 bits per heavy atom. The van der Waals surface area contributed by atoms with E-state index in [1.165, 1.54) is 0 Å². The molecule has 2 heterocycles. The highest BCUT2D eigenvalue weighted by Crippen LogP contribution is 2.39. The molecule has 2 aliphatic rings. The minimum Gasteiger partial charge on any atom is -0.550 e. The second-order valence-corrected chi connectivity index (χ2v) is 5.73. The number of carbonyl (C=O) groups is 2. The minimum absolute atomic E-state index is 0.363. The van der Waals surface area contributed by atoms with Crippen LogP contribution < -0.4 is 10.4 Å². The number of halogens is 1. The van der Waals surface area contributed by atoms with Gasteiger partial charge in [0.15, 0.2) is 0 Å². The first kappa shape index (κ1) is 13.3. The average Bonchev–Trinajstić information content (AvgIpc) is 3.01. The van der Waals surface area contributed by atoms with Crippen LogP contribution in [0.25, 0.3) is 0 Å². The van der Waals surface area contributed by atoms with Crippen LogP contribution >= 0.6 is 15.9 Å². The van der Waals surface area contributed by atoms with Crippen LogP contribution in [0.2, 0.25) is 0 Å². The molecule has 0 spiro atoms. The van der Waals surface area contributed by atoms with E-state index in [2.05, 4.69) is 21.2 Å². The molecule has 1 aromatic rings. The number of carboxylic acid groups (broad SMARTS) is 1. The highest BCUT2D eigenvalue weighted by atomic mass is 79.9. The fraction of sp³-hybridized carbons (Fsp3) is 0.286. The van der Waals surface area contributed by atoms with Gasteiger partial charge < -0.3 is 20.0 Å². The van der Waals surface area contributed by atoms with Crippen LogP contribution in [0.1, 0.15) is 0 Å². The van der Waals surface area contributed by atoms with E-state index in [4.69, 9.17) is 4.74 Å². The van der Waals surface area contributed by atoms with Crippen molar-refractivity contribution in [3.05, 3.63) is 40.9 Å². The summed E-state index contributed by atoms with van der Waals surface area (Å²) in [5.41, 5.74) is 0.613. The van der Waals surface area contributed by atoms with Crippen molar-refractivity contribution < 1.29 is 19.4 Å². The van der Waals surface area contributed by atoms with Crippen LogP contribution in [0.5, 0.6) is 0 Å². The predicted octanol–water partition coefficient (Wildman–Crippen LogP) is 0.707. The molecule has 1 fully saturated rings. The maximum atomic E-state index is 12.3. The summed E-state index contributed by atoms with van der Waals surface area (Å²) in [6, 6.07) is 7.06. The second kappa shape index (κ2) is 5.03. The molecule has 3 rings (SSSR count). The van der Waals surface area contributed by atoms with Gasteiger partial charge in [-0.3, -0.25) is 4.79 Å². The summed E-state index contributed by atoms with van der Waals surface area (Å²) in [6.45, 7) is 0. The van der Waals surface area contributed by atoms with Gasteiger partial charge in [0.05, 0.1) is 18.1 Å². The molecule has 1 N–H and O–H groups in total. The van der Waals surface area contributed by atoms with Crippen LogP contribution in [0, 0.1) is 11.8 Å². The van der Waals surface area contributed by atoms with Crippen molar-refractivity contribution in [1.82, 2.24) is 0 Å². The number of rotatable bonds is 3. The SMILES string of the molecule is O=C([O-])[C@@H]1[C@H](C(=O)Nc2ccc(Br)cc2)[C@H]2C=C[C@@H]1O2. The number of carbonyl (C=O) groups excluding carboxylic acids is 2. The van der Waals surface area contributed by atoms with Gasteiger partial charge in [0.25, 0.3) is 0 Å². The molecule has 20 heavy (non-hydrogen) atoms. The monoisotopic (exact) mass is 336 g/mol. The molecule has 6 heteroatoms. The molecule has 0 radical (unpaired) electrons. The van der Waals surface area contributed by atoms with Gasteiger partial charge in [-0.25, -0.2) is 0 Å². The number of aliphatic carboxylic acids is 1. The Bertz CT molecular complexity index is 583. The first-order chi connectivity index (χ1) is 9.56. The molecule has 2 aliphatic heterocycles. The maximum Gasteiger partial charge on any atom is 0.231 e. The summed E-state index contributed by atoms with van der Waals surface area (Å²) in [5, 5.41) is 13.9. The van der Waals surface area contributed by atoms with Crippen LogP contribution in [-0.4, -0.2) is 24.1 Å². The van der Waals surface area contributed by atoms with Crippen molar-refractivity contribution in [2.45, 2.75) is 12.2 Å². The van der Waals surface area contributed by atoms with Crippen molar-refractivity contribution in [2.75, 3.05) is 5.32 Å². The van der Waals surface area contributed by atoms with E-state index in [0.29, 0.717) is 5.69 Å². The third kappa shape index (κ3) is 2.25. The van der Waals surface area contributed by atoms with Gasteiger partial charge in [0.1, 0.15) is 0 Å². The van der Waals surface area contributed by atoms with Crippen molar-refractivity contribution >= 4 is 33.5 Å². The van der Waals surface area contributed by atoms with Crippen LogP contribution in [-0.2, 0) is 14.3 Å². The Hall–Kier alpha value is -1.66. The van der Waals surface area contributed by atoms with Crippen molar-refractivity contribution in [3.8, 4) is 0 Å². The Morgan fingerprint density at radius 2 is 1.70 bits per heavy atom. The number of nitrogens with one attached hydrogen (secondary N) is 1. The Balaban J connectivity index is 1.78. The van der Waals surface area contributed by atoms with Gasteiger partial charge in [-0.2, -0.15) is 0 Å². The van der Waals surface area contributed by atoms with Crippen molar-refractivity contribution in [1.29, 1.82) is 0 Å². The Morgan fingerprint density at radius 1 is 1.10 bits per heavy atom. The van der Waals surface area contributed by atoms with E-state index >= 15 is 0 Å². The molecule has 4 atom stereocenters. The topological polar surface area (TPSA) is 78.5 Å². The number of ether oxygens (including phenoxy) is 1. The fourth-order valence-corrected chi connectivity index (χ4v) is 2.92. The van der Waals surface area contributed by atoms with Gasteiger partial charge in [0, 0.05) is 22.0 Å². The van der Waals surface area contributed by atoms with E-state index in [1.807, 2.05) is 0 Å². The lowest BCUT2D eigenvalue weighted by Gasteiger charge is -2.24. The lowest BCUT2D eigenvalue weighted by atomic mass is 9.82. The van der Waals surface area contributed by atoms with Gasteiger partial charge in [-0.15, -0.1) is 0 Å². The van der Waals surface area contributed by atoms with Gasteiger partial charge in [0.2, 0.25) is 5.91 Å². The van der Waals surface area contributed by atoms with E-state index < -0.39 is 30.0 Å². The second-order valence-electron chi connectivity index (χ2n) is 4.82. The Labute approximate surface area is 123 Å². The van der Waals surface area contributed by atoms with Gasteiger partial charge in [-0.1, -0.05) is 28.1 Å². The molecular formula is C14H11BrNO4-. The number of benzene rings is 1. The zero-order valence-electron chi connectivity index (χ0n) is 10.3. The molecular weight excluding hydrogens is 326 g/mol. The zero-order valence-corrected chi connectivity index (χ0v) is 11.9. The highest BCUT2D eigenvalue weighted by Gasteiger charge is 2.50. The summed E-state index contributed by atoms with van der Waals surface area (Å²) in [6.07, 6.45) is 2.36. The van der Waals surface area contributed by atoms with Crippen LogP contribution in [0.3, 0.4) is 0 Å². The molecule has 5 nitrogen and oxygen atoms in total. The first-order valence-electron chi connectivity index (χ1n) is 6.17. The number of anilines is 1. The van der Waals surface area contributed by atoms with Gasteiger partial charge >= 0.3 is 0 Å². The maximum absolute atomic E-state index is 12.3. The molecule has 1 amide bonds. The predicted molar refractivity (Wildman–Crippen MR) is 72.6 cm³/mol. The lowest BCUT2D eigenvalue weighted by molar-refractivity contribution is -0.313. The molecule has 2 bridgehead atoms. The zero-order chi connectivity index (χ0) is 14.3. The normalized spacial score (nSPS) is 30.4. The van der Waals surface area contributed by atoms with E-state index in [-0.39, 0.29) is 5.91 Å². The number of amides is 1. The van der Waals surface area contributed by atoms with Gasteiger partial charge in [-0.05, 0) is 24.3 Å². The smallest absolute Gasteiger partial charge is 0.231 e. The standard InChI is InChI=1S/C14H12BrNO4/c15-7-1-3-8(4-2-7)16-13(17)11-9-5-6-10(20-9)12(11)14(18)19/h1-6,9-12H,(H,16,17)(H,18,19)/p-1/t9-,10+,11-,12+/m1/s1. The Kier molecular flexibility index (Phi) is 3.35. The molecule has 0 aliphatic carbocycles. The van der Waals surface area contributed by atoms with Crippen LogP contribution in [0.15, 0.2) is 40.9 Å². The van der Waals surface area contributed by atoms with E-state index in [9.17, 15) is 14.7 Å². The molecule has 104 valence electrons. The number of hydrogen-bond acceptors (Lipinski definition) is 4. The molecule has 1 aromatic carbocycles. The third-order valence-electron chi connectivity index (χ3n) is 3.59. The molecule has 0 unspecified atom stereocenters. The first-order valence-corrected chi connectivity index (χ1v) is 6.96. The quantitative estimate of drug-likeness (QED) is 0.824. The van der Waals surface area contributed by atoms with E-state index in [0.717, 1.165) is 4.47 Å². The fourth-order valence-electron chi connectivity index (χ4n) is 2.66. The largest absolute Gasteiger partial charge is 0.550 e.